The zero-order valence-corrected chi connectivity index (χ0v) is 14.7. The number of primary amides is 1. The van der Waals surface area contributed by atoms with Crippen molar-refractivity contribution in [3.05, 3.63) is 65.2 Å². The predicted molar refractivity (Wildman–Crippen MR) is 102 cm³/mol. The zero-order chi connectivity index (χ0) is 19.3. The minimum absolute atomic E-state index is 0.380. The van der Waals surface area contributed by atoms with E-state index in [9.17, 15) is 9.59 Å². The molecule has 2 aromatic carbocycles. The van der Waals surface area contributed by atoms with Gasteiger partial charge in [0.05, 0.1) is 0 Å². The van der Waals surface area contributed by atoms with E-state index in [4.69, 9.17) is 17.2 Å². The van der Waals surface area contributed by atoms with Gasteiger partial charge in [-0.15, -0.1) is 0 Å². The number of nitrogens with two attached hydrogens (primary N) is 3. The van der Waals surface area contributed by atoms with Gasteiger partial charge in [0.1, 0.15) is 6.04 Å². The van der Waals surface area contributed by atoms with Crippen molar-refractivity contribution >= 4 is 17.5 Å². The molecule has 0 spiro atoms. The Kier molecular flexibility index (Phi) is 5.65. The summed E-state index contributed by atoms with van der Waals surface area (Å²) >= 11 is 0. The van der Waals surface area contributed by atoms with Gasteiger partial charge in [0, 0.05) is 27.9 Å². The Morgan fingerprint density at radius 3 is 2.19 bits per heavy atom. The van der Waals surface area contributed by atoms with E-state index in [2.05, 4.69) is 17.2 Å². The van der Waals surface area contributed by atoms with Gasteiger partial charge in [-0.1, -0.05) is 24.0 Å². The summed E-state index contributed by atoms with van der Waals surface area (Å²) in [5.41, 5.74) is 18.6. The molecule has 0 saturated heterocycles. The topological polar surface area (TPSA) is 124 Å². The Morgan fingerprint density at radius 1 is 1.04 bits per heavy atom. The third-order valence-electron chi connectivity index (χ3n) is 3.75. The van der Waals surface area contributed by atoms with Gasteiger partial charge in [-0.05, 0) is 50.2 Å². The third kappa shape index (κ3) is 4.85. The lowest BCUT2D eigenvalue weighted by Gasteiger charge is -2.28. The van der Waals surface area contributed by atoms with Gasteiger partial charge in [-0.25, -0.2) is 0 Å². The average molecular weight is 350 g/mol. The molecule has 2 rings (SSSR count). The molecule has 0 aromatic heterocycles. The van der Waals surface area contributed by atoms with Crippen LogP contribution in [0.25, 0.3) is 0 Å². The standard InChI is InChI=1S/C20H22N4O2/c1-20(2,23)17(18(22)25)24-19(26)15-11-8-13(9-12-15)7-10-14-5-3-4-6-16(14)21/h3-6,8-9,11-12,17H,21,23H2,1-2H3,(H2,22,25)(H,24,26). The lowest BCUT2D eigenvalue weighted by atomic mass is 9.95. The monoisotopic (exact) mass is 350 g/mol. The van der Waals surface area contributed by atoms with Gasteiger partial charge in [-0.3, -0.25) is 9.59 Å². The molecule has 6 heteroatoms. The van der Waals surface area contributed by atoms with Crippen LogP contribution in [0.5, 0.6) is 0 Å². The molecule has 0 bridgehead atoms. The number of rotatable bonds is 4. The van der Waals surface area contributed by atoms with Gasteiger partial charge >= 0.3 is 0 Å². The Bertz CT molecular complexity index is 871. The van der Waals surface area contributed by atoms with Gasteiger partial charge in [0.25, 0.3) is 5.91 Å². The van der Waals surface area contributed by atoms with Crippen molar-refractivity contribution in [1.29, 1.82) is 0 Å². The maximum Gasteiger partial charge on any atom is 0.251 e. The fourth-order valence-corrected chi connectivity index (χ4v) is 2.29. The molecule has 0 fully saturated rings. The second-order valence-corrected chi connectivity index (χ2v) is 6.54. The van der Waals surface area contributed by atoms with Crippen LogP contribution in [0.2, 0.25) is 0 Å². The summed E-state index contributed by atoms with van der Waals surface area (Å²) in [6.45, 7) is 3.24. The van der Waals surface area contributed by atoms with Crippen LogP contribution >= 0.6 is 0 Å². The van der Waals surface area contributed by atoms with Gasteiger partial charge < -0.3 is 22.5 Å². The Hall–Kier alpha value is -3.30. The number of carbonyl (C=O) groups excluding carboxylic acids is 2. The number of benzene rings is 2. The molecule has 0 aliphatic rings. The van der Waals surface area contributed by atoms with E-state index in [0.717, 1.165) is 11.1 Å². The minimum Gasteiger partial charge on any atom is -0.398 e. The maximum absolute atomic E-state index is 12.3. The van der Waals surface area contributed by atoms with Crippen molar-refractivity contribution in [2.45, 2.75) is 25.4 Å². The van der Waals surface area contributed by atoms with Crippen LogP contribution in [0, 0.1) is 11.8 Å². The molecule has 1 unspecified atom stereocenters. The molecule has 134 valence electrons. The fourth-order valence-electron chi connectivity index (χ4n) is 2.29. The SMILES string of the molecule is CC(C)(N)C(NC(=O)c1ccc(C#Cc2ccccc2N)cc1)C(N)=O. The molecule has 0 aliphatic carbocycles. The number of hydrogen-bond acceptors (Lipinski definition) is 4. The quantitative estimate of drug-likeness (QED) is 0.485. The van der Waals surface area contributed by atoms with E-state index in [1.165, 1.54) is 0 Å². The largest absolute Gasteiger partial charge is 0.398 e. The highest BCUT2D eigenvalue weighted by Crippen LogP contribution is 2.10. The first-order valence-corrected chi connectivity index (χ1v) is 8.04. The number of carbonyl (C=O) groups is 2. The van der Waals surface area contributed by atoms with Crippen LogP contribution in [0.1, 0.15) is 35.3 Å². The van der Waals surface area contributed by atoms with E-state index in [1.807, 2.05) is 18.2 Å². The molecule has 6 nitrogen and oxygen atoms in total. The molecule has 0 aliphatic heterocycles. The van der Waals surface area contributed by atoms with Crippen molar-refractivity contribution in [3.8, 4) is 11.8 Å². The second-order valence-electron chi connectivity index (χ2n) is 6.54. The Balaban J connectivity index is 2.13. The van der Waals surface area contributed by atoms with Gasteiger partial charge in [0.15, 0.2) is 0 Å². The molecule has 0 saturated carbocycles. The molecular formula is C20H22N4O2. The molecule has 7 N–H and O–H groups in total. The summed E-state index contributed by atoms with van der Waals surface area (Å²) in [4.78, 5) is 23.8. The number of anilines is 1. The Labute approximate surface area is 152 Å². The molecular weight excluding hydrogens is 328 g/mol. The highest BCUT2D eigenvalue weighted by Gasteiger charge is 2.31. The molecule has 2 amide bonds. The van der Waals surface area contributed by atoms with Crippen LogP contribution in [0.4, 0.5) is 5.69 Å². The normalized spacial score (nSPS) is 11.8. The Morgan fingerprint density at radius 2 is 1.65 bits per heavy atom. The van der Waals surface area contributed by atoms with Gasteiger partial charge in [0.2, 0.25) is 5.91 Å². The number of hydrogen-bond donors (Lipinski definition) is 4. The highest BCUT2D eigenvalue weighted by atomic mass is 16.2. The first kappa shape index (κ1) is 19.0. The van der Waals surface area contributed by atoms with E-state index in [-0.39, 0.29) is 0 Å². The van der Waals surface area contributed by atoms with Crippen LogP contribution in [-0.2, 0) is 4.79 Å². The average Bonchev–Trinajstić information content (AvgIpc) is 2.58. The predicted octanol–water partition coefficient (Wildman–Crippen LogP) is 0.990. The summed E-state index contributed by atoms with van der Waals surface area (Å²) in [7, 11) is 0. The molecule has 2 aromatic rings. The number of para-hydroxylation sites is 1. The van der Waals surface area contributed by atoms with Crippen LogP contribution in [0.3, 0.4) is 0 Å². The first-order chi connectivity index (χ1) is 12.2. The molecule has 1 atom stereocenters. The van der Waals surface area contributed by atoms with Crippen molar-refractivity contribution < 1.29 is 9.59 Å². The summed E-state index contributed by atoms with van der Waals surface area (Å²) in [5, 5.41) is 2.57. The number of nitrogen functional groups attached to an aromatic ring is 1. The van der Waals surface area contributed by atoms with Crippen LogP contribution in [-0.4, -0.2) is 23.4 Å². The number of nitrogens with one attached hydrogen (secondary N) is 1. The van der Waals surface area contributed by atoms with Crippen molar-refractivity contribution in [1.82, 2.24) is 5.32 Å². The lowest BCUT2D eigenvalue weighted by Crippen LogP contribution is -2.60. The molecule has 0 radical (unpaired) electrons. The summed E-state index contributed by atoms with van der Waals surface area (Å²) < 4.78 is 0. The molecule has 0 heterocycles. The maximum atomic E-state index is 12.3. The number of amides is 2. The fraction of sp³-hybridized carbons (Fsp3) is 0.200. The summed E-state index contributed by atoms with van der Waals surface area (Å²) in [5.74, 6) is 4.87. The van der Waals surface area contributed by atoms with E-state index in [1.54, 1.807) is 44.2 Å². The van der Waals surface area contributed by atoms with Crippen LogP contribution in [0.15, 0.2) is 48.5 Å². The lowest BCUT2D eigenvalue weighted by molar-refractivity contribution is -0.121. The second kappa shape index (κ2) is 7.72. The minimum atomic E-state index is -0.976. The van der Waals surface area contributed by atoms with Crippen LogP contribution < -0.4 is 22.5 Å². The van der Waals surface area contributed by atoms with Crippen molar-refractivity contribution in [3.63, 3.8) is 0 Å². The summed E-state index contributed by atoms with van der Waals surface area (Å²) in [6, 6.07) is 13.0. The summed E-state index contributed by atoms with van der Waals surface area (Å²) in [6.07, 6.45) is 0. The van der Waals surface area contributed by atoms with Crippen molar-refractivity contribution in [2.24, 2.45) is 11.5 Å². The van der Waals surface area contributed by atoms with Crippen molar-refractivity contribution in [2.75, 3.05) is 5.73 Å². The zero-order valence-electron chi connectivity index (χ0n) is 14.7. The third-order valence-corrected chi connectivity index (χ3v) is 3.75. The van der Waals surface area contributed by atoms with Gasteiger partial charge in [-0.2, -0.15) is 0 Å². The first-order valence-electron chi connectivity index (χ1n) is 8.04. The van der Waals surface area contributed by atoms with E-state index < -0.39 is 23.4 Å². The highest BCUT2D eigenvalue weighted by molar-refractivity contribution is 5.97. The smallest absolute Gasteiger partial charge is 0.251 e. The van der Waals surface area contributed by atoms with E-state index in [0.29, 0.717) is 11.3 Å². The molecule has 26 heavy (non-hydrogen) atoms. The van der Waals surface area contributed by atoms with E-state index >= 15 is 0 Å².